The number of aromatic nitrogens is 1. The number of pyridine rings is 1. The van der Waals surface area contributed by atoms with E-state index in [0.29, 0.717) is 11.4 Å². The second-order valence-corrected chi connectivity index (χ2v) is 5.02. The average Bonchev–Trinajstić information content (AvgIpc) is 2.53. The van der Waals surface area contributed by atoms with Crippen LogP contribution in [0.25, 0.3) is 6.08 Å². The van der Waals surface area contributed by atoms with E-state index in [9.17, 15) is 9.18 Å². The third-order valence-electron chi connectivity index (χ3n) is 2.84. The van der Waals surface area contributed by atoms with Gasteiger partial charge >= 0.3 is 0 Å². The molecule has 2 aromatic rings. The largest absolute Gasteiger partial charge is 0.481 e. The van der Waals surface area contributed by atoms with Crippen LogP contribution < -0.4 is 4.74 Å². The Morgan fingerprint density at radius 1 is 1.33 bits per heavy atom. The Kier molecular flexibility index (Phi) is 5.11. The molecule has 0 atom stereocenters. The fourth-order valence-electron chi connectivity index (χ4n) is 1.73. The first kappa shape index (κ1) is 15.3. The predicted molar refractivity (Wildman–Crippen MR) is 82.3 cm³/mol. The summed E-state index contributed by atoms with van der Waals surface area (Å²) in [4.78, 5) is 16.8. The van der Waals surface area contributed by atoms with Gasteiger partial charge in [-0.15, -0.1) is 11.8 Å². The number of ketones is 1. The lowest BCUT2D eigenvalue weighted by Gasteiger charge is -2.02. The number of allylic oxidation sites excluding steroid dienone is 1. The fraction of sp³-hybridized carbons (Fsp3) is 0.125. The quantitative estimate of drug-likeness (QED) is 0.478. The lowest BCUT2D eigenvalue weighted by atomic mass is 10.1. The van der Waals surface area contributed by atoms with Crippen molar-refractivity contribution in [2.24, 2.45) is 0 Å². The van der Waals surface area contributed by atoms with Gasteiger partial charge in [0, 0.05) is 22.7 Å². The second-order valence-electron chi connectivity index (χ2n) is 4.17. The highest BCUT2D eigenvalue weighted by Gasteiger charge is 2.04. The highest BCUT2D eigenvalue weighted by atomic mass is 32.2. The first-order valence-electron chi connectivity index (χ1n) is 6.20. The average molecular weight is 303 g/mol. The Morgan fingerprint density at radius 3 is 2.76 bits per heavy atom. The van der Waals surface area contributed by atoms with Gasteiger partial charge in [0.2, 0.25) is 5.88 Å². The molecule has 3 nitrogen and oxygen atoms in total. The van der Waals surface area contributed by atoms with E-state index in [0.717, 1.165) is 10.5 Å². The van der Waals surface area contributed by atoms with Gasteiger partial charge in [0.1, 0.15) is 5.82 Å². The van der Waals surface area contributed by atoms with Crippen LogP contribution in [-0.4, -0.2) is 24.1 Å². The van der Waals surface area contributed by atoms with E-state index in [-0.39, 0.29) is 11.6 Å². The van der Waals surface area contributed by atoms with Crippen LogP contribution in [0.5, 0.6) is 5.88 Å². The number of hydrogen-bond donors (Lipinski definition) is 0. The van der Waals surface area contributed by atoms with Gasteiger partial charge in [-0.3, -0.25) is 4.79 Å². The van der Waals surface area contributed by atoms with E-state index in [2.05, 4.69) is 4.98 Å². The Bertz CT molecular complexity index is 668. The molecule has 0 aliphatic carbocycles. The smallest absolute Gasteiger partial charge is 0.212 e. The third kappa shape index (κ3) is 3.92. The highest BCUT2D eigenvalue weighted by molar-refractivity contribution is 7.98. The summed E-state index contributed by atoms with van der Waals surface area (Å²) < 4.78 is 18.1. The van der Waals surface area contributed by atoms with E-state index in [1.165, 1.54) is 43.3 Å². The number of ether oxygens (including phenoxy) is 1. The van der Waals surface area contributed by atoms with Crippen LogP contribution in [0.15, 0.2) is 47.5 Å². The number of hydrogen-bond acceptors (Lipinski definition) is 4. The van der Waals surface area contributed by atoms with Gasteiger partial charge in [-0.1, -0.05) is 6.07 Å². The van der Waals surface area contributed by atoms with Crippen molar-refractivity contribution < 1.29 is 13.9 Å². The SMILES string of the molecule is COc1ccc(C(=O)C=Cc2ccc(F)cc2SC)cn1. The maximum atomic E-state index is 13.1. The number of thioether (sulfide) groups is 1. The molecule has 0 radical (unpaired) electrons. The van der Waals surface area contributed by atoms with Crippen molar-refractivity contribution in [3.63, 3.8) is 0 Å². The molecule has 1 aromatic heterocycles. The molecule has 1 aromatic carbocycles. The van der Waals surface area contributed by atoms with Gasteiger partial charge in [0.05, 0.1) is 7.11 Å². The first-order valence-corrected chi connectivity index (χ1v) is 7.42. The molecule has 0 aliphatic rings. The highest BCUT2D eigenvalue weighted by Crippen LogP contribution is 2.22. The van der Waals surface area contributed by atoms with Crippen molar-refractivity contribution >= 4 is 23.6 Å². The summed E-state index contributed by atoms with van der Waals surface area (Å²) in [6.45, 7) is 0. The fourth-order valence-corrected chi connectivity index (χ4v) is 2.33. The van der Waals surface area contributed by atoms with Crippen LogP contribution in [0, 0.1) is 5.82 Å². The van der Waals surface area contributed by atoms with Gasteiger partial charge < -0.3 is 4.74 Å². The molecule has 1 heterocycles. The van der Waals surface area contributed by atoms with Gasteiger partial charge in [0.25, 0.3) is 0 Å². The number of carbonyl (C=O) groups is 1. The molecular weight excluding hydrogens is 289 g/mol. The maximum absolute atomic E-state index is 13.1. The first-order chi connectivity index (χ1) is 10.1. The van der Waals surface area contributed by atoms with Crippen LogP contribution in [0.4, 0.5) is 4.39 Å². The van der Waals surface area contributed by atoms with Crippen molar-refractivity contribution in [1.29, 1.82) is 0 Å². The zero-order chi connectivity index (χ0) is 15.2. The minimum Gasteiger partial charge on any atom is -0.481 e. The van der Waals surface area contributed by atoms with E-state index < -0.39 is 0 Å². The van der Waals surface area contributed by atoms with Gasteiger partial charge in [-0.05, 0) is 42.2 Å². The molecule has 0 spiro atoms. The standard InChI is InChI=1S/C16H14FNO2S/c1-20-16-8-5-12(10-18-16)14(19)7-4-11-3-6-13(17)9-15(11)21-2/h3-10H,1-2H3. The van der Waals surface area contributed by atoms with E-state index >= 15 is 0 Å². The Morgan fingerprint density at radius 2 is 2.14 bits per heavy atom. The van der Waals surface area contributed by atoms with Gasteiger partial charge in [0.15, 0.2) is 5.78 Å². The zero-order valence-electron chi connectivity index (χ0n) is 11.7. The number of rotatable bonds is 5. The van der Waals surface area contributed by atoms with Crippen molar-refractivity contribution in [2.75, 3.05) is 13.4 Å². The third-order valence-corrected chi connectivity index (χ3v) is 3.63. The molecule has 0 saturated heterocycles. The van der Waals surface area contributed by atoms with Crippen LogP contribution in [0.1, 0.15) is 15.9 Å². The van der Waals surface area contributed by atoms with E-state index in [1.807, 2.05) is 6.26 Å². The van der Waals surface area contributed by atoms with E-state index in [1.54, 1.807) is 24.3 Å². The summed E-state index contributed by atoms with van der Waals surface area (Å²) in [6.07, 6.45) is 6.46. The normalized spacial score (nSPS) is 10.8. The predicted octanol–water partition coefficient (Wildman–Crippen LogP) is 3.85. The summed E-state index contributed by atoms with van der Waals surface area (Å²) in [5, 5.41) is 0. The number of carbonyl (C=O) groups excluding carboxylic acids is 1. The number of nitrogens with zero attached hydrogens (tertiary/aromatic N) is 1. The molecule has 0 bridgehead atoms. The molecule has 21 heavy (non-hydrogen) atoms. The van der Waals surface area contributed by atoms with Crippen molar-refractivity contribution in [2.45, 2.75) is 4.90 Å². The number of benzene rings is 1. The summed E-state index contributed by atoms with van der Waals surface area (Å²) in [6, 6.07) is 7.75. The molecule has 0 aliphatic heterocycles. The van der Waals surface area contributed by atoms with Crippen LogP contribution >= 0.6 is 11.8 Å². The number of methoxy groups -OCH3 is 1. The van der Waals surface area contributed by atoms with Crippen LogP contribution in [-0.2, 0) is 0 Å². The topological polar surface area (TPSA) is 39.2 Å². The molecule has 0 saturated carbocycles. The Labute approximate surface area is 126 Å². The maximum Gasteiger partial charge on any atom is 0.212 e. The lowest BCUT2D eigenvalue weighted by Crippen LogP contribution is -1.96. The molecule has 108 valence electrons. The molecule has 0 N–H and O–H groups in total. The zero-order valence-corrected chi connectivity index (χ0v) is 12.5. The minimum absolute atomic E-state index is 0.165. The van der Waals surface area contributed by atoms with Crippen molar-refractivity contribution in [1.82, 2.24) is 4.98 Å². The Balaban J connectivity index is 2.18. The van der Waals surface area contributed by atoms with Crippen molar-refractivity contribution in [3.8, 4) is 5.88 Å². The van der Waals surface area contributed by atoms with Crippen molar-refractivity contribution in [3.05, 3.63) is 59.5 Å². The number of halogens is 1. The van der Waals surface area contributed by atoms with E-state index in [4.69, 9.17) is 4.74 Å². The molecular formula is C16H14FNO2S. The second kappa shape index (κ2) is 7.04. The summed E-state index contributed by atoms with van der Waals surface area (Å²) in [5.74, 6) is 0.00226. The summed E-state index contributed by atoms with van der Waals surface area (Å²) in [5.41, 5.74) is 1.28. The minimum atomic E-state index is -0.290. The molecule has 5 heteroatoms. The molecule has 0 amide bonds. The lowest BCUT2D eigenvalue weighted by molar-refractivity contribution is 0.104. The van der Waals surface area contributed by atoms with Gasteiger partial charge in [-0.25, -0.2) is 9.37 Å². The van der Waals surface area contributed by atoms with Crippen LogP contribution in [0.3, 0.4) is 0 Å². The Hall–Kier alpha value is -2.14. The summed E-state index contributed by atoms with van der Waals surface area (Å²) in [7, 11) is 1.52. The van der Waals surface area contributed by atoms with Gasteiger partial charge in [-0.2, -0.15) is 0 Å². The molecule has 0 fully saturated rings. The molecule has 2 rings (SSSR count). The van der Waals surface area contributed by atoms with Crippen LogP contribution in [0.2, 0.25) is 0 Å². The monoisotopic (exact) mass is 303 g/mol. The summed E-state index contributed by atoms with van der Waals surface area (Å²) >= 11 is 1.43. The molecule has 0 unspecified atom stereocenters.